The van der Waals surface area contributed by atoms with E-state index < -0.39 is 0 Å². The summed E-state index contributed by atoms with van der Waals surface area (Å²) in [6.07, 6.45) is 3.56. The standard InChI is InChI=1S/C15H21NO2S/c1-2-18-13-6-8-14(9-7-13)19-12-15(17)16-10-4-3-5-11-16/h6-9H,2-5,10-12H2,1H3. The Hall–Kier alpha value is -1.16. The van der Waals surface area contributed by atoms with E-state index in [1.54, 1.807) is 11.8 Å². The van der Waals surface area contributed by atoms with Gasteiger partial charge in [0.1, 0.15) is 5.75 Å². The van der Waals surface area contributed by atoms with Crippen molar-refractivity contribution in [3.05, 3.63) is 24.3 Å². The van der Waals surface area contributed by atoms with Gasteiger partial charge in [-0.25, -0.2) is 0 Å². The van der Waals surface area contributed by atoms with Crippen LogP contribution in [-0.4, -0.2) is 36.3 Å². The minimum Gasteiger partial charge on any atom is -0.494 e. The number of piperidine rings is 1. The number of ether oxygens (including phenoxy) is 1. The van der Waals surface area contributed by atoms with Crippen LogP contribution in [0, 0.1) is 0 Å². The van der Waals surface area contributed by atoms with Gasteiger partial charge in [-0.15, -0.1) is 11.8 Å². The molecule has 3 nitrogen and oxygen atoms in total. The number of hydrogen-bond acceptors (Lipinski definition) is 3. The Bertz CT molecular complexity index is 399. The predicted molar refractivity (Wildman–Crippen MR) is 78.8 cm³/mol. The molecule has 0 bridgehead atoms. The lowest BCUT2D eigenvalue weighted by molar-refractivity contribution is -0.129. The van der Waals surface area contributed by atoms with E-state index >= 15 is 0 Å². The largest absolute Gasteiger partial charge is 0.494 e. The van der Waals surface area contributed by atoms with E-state index in [0.29, 0.717) is 12.4 Å². The van der Waals surface area contributed by atoms with Crippen LogP contribution in [0.1, 0.15) is 26.2 Å². The van der Waals surface area contributed by atoms with Gasteiger partial charge in [0.2, 0.25) is 5.91 Å². The number of carbonyl (C=O) groups excluding carboxylic acids is 1. The third-order valence-electron chi connectivity index (χ3n) is 3.21. The molecular weight excluding hydrogens is 258 g/mol. The highest BCUT2D eigenvalue weighted by molar-refractivity contribution is 8.00. The molecule has 0 N–H and O–H groups in total. The van der Waals surface area contributed by atoms with Gasteiger partial charge in [-0.3, -0.25) is 4.79 Å². The van der Waals surface area contributed by atoms with Gasteiger partial charge in [0, 0.05) is 18.0 Å². The molecule has 1 amide bonds. The molecule has 1 aromatic carbocycles. The highest BCUT2D eigenvalue weighted by Gasteiger charge is 2.16. The number of rotatable bonds is 5. The Balaban J connectivity index is 1.79. The molecule has 104 valence electrons. The molecule has 1 saturated heterocycles. The fourth-order valence-corrected chi connectivity index (χ4v) is 2.98. The predicted octanol–water partition coefficient (Wildman–Crippen LogP) is 3.19. The second kappa shape index (κ2) is 7.43. The lowest BCUT2D eigenvalue weighted by atomic mass is 10.1. The molecule has 0 atom stereocenters. The van der Waals surface area contributed by atoms with Crippen LogP contribution in [0.5, 0.6) is 5.75 Å². The lowest BCUT2D eigenvalue weighted by Gasteiger charge is -2.26. The second-order valence-corrected chi connectivity index (χ2v) is 5.68. The summed E-state index contributed by atoms with van der Waals surface area (Å²) in [4.78, 5) is 15.1. The first-order valence-corrected chi connectivity index (χ1v) is 7.91. The minimum absolute atomic E-state index is 0.263. The third kappa shape index (κ3) is 4.46. The number of carbonyl (C=O) groups is 1. The highest BCUT2D eigenvalue weighted by atomic mass is 32.2. The fourth-order valence-electron chi connectivity index (χ4n) is 2.18. The summed E-state index contributed by atoms with van der Waals surface area (Å²) in [5.41, 5.74) is 0. The van der Waals surface area contributed by atoms with E-state index in [1.165, 1.54) is 6.42 Å². The van der Waals surface area contributed by atoms with E-state index in [4.69, 9.17) is 4.74 Å². The number of thioether (sulfide) groups is 1. The van der Waals surface area contributed by atoms with E-state index in [1.807, 2.05) is 36.1 Å². The van der Waals surface area contributed by atoms with Crippen molar-refractivity contribution in [3.63, 3.8) is 0 Å². The van der Waals surface area contributed by atoms with Gasteiger partial charge in [-0.05, 0) is 50.5 Å². The summed E-state index contributed by atoms with van der Waals surface area (Å²) in [5, 5.41) is 0. The summed E-state index contributed by atoms with van der Waals surface area (Å²) >= 11 is 1.60. The molecular formula is C15H21NO2S. The van der Waals surface area contributed by atoms with Crippen LogP contribution >= 0.6 is 11.8 Å². The number of amides is 1. The smallest absolute Gasteiger partial charge is 0.232 e. The summed E-state index contributed by atoms with van der Waals surface area (Å²) in [5.74, 6) is 1.68. The molecule has 0 unspecified atom stereocenters. The Morgan fingerprint density at radius 2 is 1.89 bits per heavy atom. The third-order valence-corrected chi connectivity index (χ3v) is 4.20. The average Bonchev–Trinajstić information content (AvgIpc) is 2.47. The monoisotopic (exact) mass is 279 g/mol. The zero-order valence-electron chi connectivity index (χ0n) is 11.4. The molecule has 19 heavy (non-hydrogen) atoms. The van der Waals surface area contributed by atoms with Crippen molar-refractivity contribution >= 4 is 17.7 Å². The van der Waals surface area contributed by atoms with Gasteiger partial charge >= 0.3 is 0 Å². The Labute approximate surface area is 119 Å². The summed E-state index contributed by atoms with van der Waals surface area (Å²) in [6, 6.07) is 7.94. The molecule has 0 aromatic heterocycles. The molecule has 1 fully saturated rings. The first-order valence-electron chi connectivity index (χ1n) is 6.93. The SMILES string of the molecule is CCOc1ccc(SCC(=O)N2CCCCC2)cc1. The molecule has 4 heteroatoms. The molecule has 2 rings (SSSR count). The van der Waals surface area contributed by atoms with Crippen molar-refractivity contribution < 1.29 is 9.53 Å². The van der Waals surface area contributed by atoms with Crippen LogP contribution in [0.4, 0.5) is 0 Å². The van der Waals surface area contributed by atoms with Crippen LogP contribution in [-0.2, 0) is 4.79 Å². The van der Waals surface area contributed by atoms with Gasteiger partial charge in [0.15, 0.2) is 0 Å². The van der Waals surface area contributed by atoms with Crippen molar-refractivity contribution in [2.24, 2.45) is 0 Å². The molecule has 1 heterocycles. The molecule has 0 spiro atoms. The van der Waals surface area contributed by atoms with Gasteiger partial charge in [-0.2, -0.15) is 0 Å². The van der Waals surface area contributed by atoms with Gasteiger partial charge < -0.3 is 9.64 Å². The maximum Gasteiger partial charge on any atom is 0.232 e. The highest BCUT2D eigenvalue weighted by Crippen LogP contribution is 2.22. The first kappa shape index (κ1) is 14.3. The first-order chi connectivity index (χ1) is 9.29. The van der Waals surface area contributed by atoms with Crippen LogP contribution in [0.3, 0.4) is 0 Å². The zero-order valence-corrected chi connectivity index (χ0v) is 12.2. The average molecular weight is 279 g/mol. The quantitative estimate of drug-likeness (QED) is 0.775. The van der Waals surface area contributed by atoms with Gasteiger partial charge in [0.05, 0.1) is 12.4 Å². The molecule has 1 aliphatic heterocycles. The summed E-state index contributed by atoms with van der Waals surface area (Å²) < 4.78 is 5.40. The van der Waals surface area contributed by atoms with E-state index in [2.05, 4.69) is 0 Å². The van der Waals surface area contributed by atoms with Crippen molar-refractivity contribution in [2.45, 2.75) is 31.1 Å². The number of likely N-dealkylation sites (tertiary alicyclic amines) is 1. The number of benzene rings is 1. The fraction of sp³-hybridized carbons (Fsp3) is 0.533. The van der Waals surface area contributed by atoms with Crippen LogP contribution in [0.15, 0.2) is 29.2 Å². The second-order valence-electron chi connectivity index (χ2n) is 4.63. The van der Waals surface area contributed by atoms with Crippen molar-refractivity contribution in [1.29, 1.82) is 0 Å². The van der Waals surface area contributed by atoms with E-state index in [9.17, 15) is 4.79 Å². The number of nitrogens with zero attached hydrogens (tertiary/aromatic N) is 1. The number of hydrogen-bond donors (Lipinski definition) is 0. The van der Waals surface area contributed by atoms with Gasteiger partial charge in [0.25, 0.3) is 0 Å². The Morgan fingerprint density at radius 1 is 1.21 bits per heavy atom. The van der Waals surface area contributed by atoms with Crippen LogP contribution in [0.2, 0.25) is 0 Å². The van der Waals surface area contributed by atoms with Crippen molar-refractivity contribution in [3.8, 4) is 5.75 Å². The molecule has 1 aliphatic rings. The van der Waals surface area contributed by atoms with Crippen LogP contribution in [0.25, 0.3) is 0 Å². The summed E-state index contributed by atoms with van der Waals surface area (Å²) in [6.45, 7) is 4.52. The Kier molecular flexibility index (Phi) is 5.58. The summed E-state index contributed by atoms with van der Waals surface area (Å²) in [7, 11) is 0. The van der Waals surface area contributed by atoms with Crippen molar-refractivity contribution in [1.82, 2.24) is 4.90 Å². The maximum absolute atomic E-state index is 12.0. The van der Waals surface area contributed by atoms with E-state index in [0.717, 1.165) is 36.6 Å². The normalized spacial score (nSPS) is 15.3. The minimum atomic E-state index is 0.263. The van der Waals surface area contributed by atoms with Crippen LogP contribution < -0.4 is 4.74 Å². The lowest BCUT2D eigenvalue weighted by Crippen LogP contribution is -2.36. The molecule has 1 aromatic rings. The molecule has 0 aliphatic carbocycles. The van der Waals surface area contributed by atoms with Crippen molar-refractivity contribution in [2.75, 3.05) is 25.4 Å². The van der Waals surface area contributed by atoms with E-state index in [-0.39, 0.29) is 5.91 Å². The molecule has 0 radical (unpaired) electrons. The maximum atomic E-state index is 12.0. The molecule has 0 saturated carbocycles. The van der Waals surface area contributed by atoms with Gasteiger partial charge in [-0.1, -0.05) is 0 Å². The Morgan fingerprint density at radius 3 is 2.53 bits per heavy atom. The zero-order chi connectivity index (χ0) is 13.5. The topological polar surface area (TPSA) is 29.5 Å².